The Hall–Kier alpha value is -1.78. The normalized spacial score (nSPS) is 31.5. The van der Waals surface area contributed by atoms with E-state index in [-0.39, 0.29) is 18.0 Å². The first-order valence-electron chi connectivity index (χ1n) is 8.01. The number of amidine groups is 1. The van der Waals surface area contributed by atoms with Crippen LogP contribution in [0, 0.1) is 12.8 Å². The molecule has 0 saturated heterocycles. The number of fused-ring (bicyclic) bond motifs is 1. The number of halogens is 1. The van der Waals surface area contributed by atoms with E-state index >= 15 is 4.39 Å². The number of aryl methyl sites for hydroxylation is 1. The van der Waals surface area contributed by atoms with Crippen LogP contribution in [0.5, 0.6) is 0 Å². The van der Waals surface area contributed by atoms with Crippen LogP contribution < -0.4 is 11.5 Å². The van der Waals surface area contributed by atoms with Crippen molar-refractivity contribution in [3.63, 3.8) is 0 Å². The second-order valence-corrected chi connectivity index (χ2v) is 6.45. The first-order valence-corrected chi connectivity index (χ1v) is 8.01. The Morgan fingerprint density at radius 3 is 2.82 bits per heavy atom. The number of nitrogens with two attached hydrogens (primary N) is 2. The molecule has 4 N–H and O–H groups in total. The third kappa shape index (κ3) is 2.14. The van der Waals surface area contributed by atoms with Crippen molar-refractivity contribution in [1.82, 2.24) is 0 Å². The van der Waals surface area contributed by atoms with Gasteiger partial charge >= 0.3 is 0 Å². The fourth-order valence-electron chi connectivity index (χ4n) is 3.84. The highest BCUT2D eigenvalue weighted by molar-refractivity contribution is 5.74. The zero-order chi connectivity index (χ0) is 15.9. The molecule has 0 radical (unpaired) electrons. The summed E-state index contributed by atoms with van der Waals surface area (Å²) in [5, 5.41) is 0. The van der Waals surface area contributed by atoms with Crippen LogP contribution in [0.4, 0.5) is 10.1 Å². The fraction of sp³-hybridized carbons (Fsp3) is 0.588. The Labute approximate surface area is 130 Å². The second kappa shape index (κ2) is 5.45. The number of ether oxygens (including phenoxy) is 1. The molecule has 2 aliphatic rings. The van der Waals surface area contributed by atoms with Gasteiger partial charge in [-0.15, -0.1) is 0 Å². The molecule has 0 bridgehead atoms. The highest BCUT2D eigenvalue weighted by atomic mass is 19.1. The highest BCUT2D eigenvalue weighted by Gasteiger charge is 2.58. The quantitative estimate of drug-likeness (QED) is 0.840. The lowest BCUT2D eigenvalue weighted by atomic mass is 9.62. The van der Waals surface area contributed by atoms with E-state index in [4.69, 9.17) is 16.2 Å². The average Bonchev–Trinajstić information content (AvgIpc) is 2.44. The number of benzene rings is 1. The smallest absolute Gasteiger partial charge is 0.283 e. The Morgan fingerprint density at radius 1 is 1.41 bits per heavy atom. The number of nitrogens with zero attached hydrogens (tertiary/aromatic N) is 1. The summed E-state index contributed by atoms with van der Waals surface area (Å²) in [7, 11) is 0. The molecular weight excluding hydrogens is 281 g/mol. The van der Waals surface area contributed by atoms with E-state index in [1.165, 1.54) is 0 Å². The van der Waals surface area contributed by atoms with Gasteiger partial charge in [-0.05, 0) is 49.4 Å². The summed E-state index contributed by atoms with van der Waals surface area (Å²) in [5.74, 6) is 0.0295. The van der Waals surface area contributed by atoms with Gasteiger partial charge in [0.25, 0.3) is 6.02 Å². The number of anilines is 1. The molecule has 4 unspecified atom stereocenters. The van der Waals surface area contributed by atoms with E-state index in [1.807, 2.05) is 32.0 Å². The summed E-state index contributed by atoms with van der Waals surface area (Å²) in [6.45, 7) is 3.96. The second-order valence-electron chi connectivity index (χ2n) is 6.45. The van der Waals surface area contributed by atoms with Gasteiger partial charge < -0.3 is 16.2 Å². The van der Waals surface area contributed by atoms with Crippen molar-refractivity contribution in [2.75, 3.05) is 5.73 Å². The zero-order valence-electron chi connectivity index (χ0n) is 13.2. The molecule has 22 heavy (non-hydrogen) atoms. The maximum atomic E-state index is 15.3. The summed E-state index contributed by atoms with van der Waals surface area (Å²) < 4.78 is 20.9. The SMILES string of the molecule is CCCC(F)C1(c2cc(N)ccc2C)N=C(N)OC2CCC21. The van der Waals surface area contributed by atoms with Crippen molar-refractivity contribution < 1.29 is 9.13 Å². The Kier molecular flexibility index (Phi) is 3.75. The lowest BCUT2D eigenvalue weighted by Gasteiger charge is -2.52. The number of aliphatic imine (C=N–C) groups is 1. The topological polar surface area (TPSA) is 73.6 Å². The number of hydrogen-bond donors (Lipinski definition) is 2. The molecule has 4 atom stereocenters. The molecule has 4 nitrogen and oxygen atoms in total. The van der Waals surface area contributed by atoms with Crippen LogP contribution in [0.1, 0.15) is 43.7 Å². The minimum Gasteiger partial charge on any atom is -0.462 e. The van der Waals surface area contributed by atoms with Crippen molar-refractivity contribution in [2.45, 2.75) is 57.3 Å². The molecule has 1 heterocycles. The summed E-state index contributed by atoms with van der Waals surface area (Å²) in [5.41, 5.74) is 13.4. The Bertz CT molecular complexity index is 604. The predicted octanol–water partition coefficient (Wildman–Crippen LogP) is 3.03. The van der Waals surface area contributed by atoms with E-state index in [0.29, 0.717) is 12.1 Å². The van der Waals surface area contributed by atoms with Gasteiger partial charge in [0.05, 0.1) is 0 Å². The van der Waals surface area contributed by atoms with Gasteiger partial charge in [-0.2, -0.15) is 0 Å². The maximum absolute atomic E-state index is 15.3. The van der Waals surface area contributed by atoms with E-state index in [9.17, 15) is 0 Å². The molecule has 3 rings (SSSR count). The zero-order valence-corrected chi connectivity index (χ0v) is 13.2. The van der Waals surface area contributed by atoms with Crippen LogP contribution in [-0.2, 0) is 10.3 Å². The van der Waals surface area contributed by atoms with Crippen molar-refractivity contribution in [1.29, 1.82) is 0 Å². The van der Waals surface area contributed by atoms with Crippen LogP contribution in [0.15, 0.2) is 23.2 Å². The summed E-state index contributed by atoms with van der Waals surface area (Å²) in [6, 6.07) is 5.72. The van der Waals surface area contributed by atoms with E-state index < -0.39 is 11.7 Å². The number of hydrogen-bond acceptors (Lipinski definition) is 4. The van der Waals surface area contributed by atoms with E-state index in [2.05, 4.69) is 4.99 Å². The molecule has 120 valence electrons. The van der Waals surface area contributed by atoms with E-state index in [0.717, 1.165) is 30.4 Å². The molecule has 1 aromatic carbocycles. The molecule has 1 aromatic rings. The van der Waals surface area contributed by atoms with Gasteiger partial charge in [0.2, 0.25) is 0 Å². The standard InChI is InChI=1S/C17H24FN3O/c1-3-4-15(18)17(13-9-11(19)6-5-10(13)2)12-7-8-14(12)22-16(20)21-17/h5-6,9,12,14-15H,3-4,7-8,19H2,1-2H3,(H2,20,21). The molecular formula is C17H24FN3O. The van der Waals surface area contributed by atoms with Gasteiger partial charge in [-0.25, -0.2) is 9.38 Å². The molecule has 0 spiro atoms. The largest absolute Gasteiger partial charge is 0.462 e. The minimum atomic E-state index is -1.09. The summed E-state index contributed by atoms with van der Waals surface area (Å²) in [6.07, 6.45) is 1.90. The van der Waals surface area contributed by atoms with Gasteiger partial charge in [0.1, 0.15) is 17.8 Å². The number of rotatable bonds is 4. The molecule has 0 aromatic heterocycles. The van der Waals surface area contributed by atoms with Crippen molar-refractivity contribution in [3.8, 4) is 0 Å². The van der Waals surface area contributed by atoms with Crippen LogP contribution in [-0.4, -0.2) is 18.3 Å². The number of nitrogen functional groups attached to an aromatic ring is 1. The van der Waals surface area contributed by atoms with Crippen molar-refractivity contribution >= 4 is 11.7 Å². The number of alkyl halides is 1. The van der Waals surface area contributed by atoms with Gasteiger partial charge in [-0.3, -0.25) is 0 Å². The van der Waals surface area contributed by atoms with Gasteiger partial charge in [-0.1, -0.05) is 19.4 Å². The molecule has 5 heteroatoms. The molecule has 1 aliphatic heterocycles. The predicted molar refractivity (Wildman–Crippen MR) is 86.3 cm³/mol. The van der Waals surface area contributed by atoms with Crippen LogP contribution in [0.25, 0.3) is 0 Å². The first-order chi connectivity index (χ1) is 10.5. The lowest BCUT2D eigenvalue weighted by molar-refractivity contribution is -0.0638. The Balaban J connectivity index is 2.19. The van der Waals surface area contributed by atoms with Gasteiger partial charge in [0, 0.05) is 11.6 Å². The molecule has 0 amide bonds. The monoisotopic (exact) mass is 305 g/mol. The van der Waals surface area contributed by atoms with Crippen molar-refractivity contribution in [2.24, 2.45) is 16.6 Å². The fourth-order valence-corrected chi connectivity index (χ4v) is 3.84. The van der Waals surface area contributed by atoms with E-state index in [1.54, 1.807) is 0 Å². The Morgan fingerprint density at radius 2 is 2.18 bits per heavy atom. The molecule has 1 fully saturated rings. The van der Waals surface area contributed by atoms with Gasteiger partial charge in [0.15, 0.2) is 0 Å². The van der Waals surface area contributed by atoms with Crippen LogP contribution >= 0.6 is 0 Å². The maximum Gasteiger partial charge on any atom is 0.283 e. The average molecular weight is 305 g/mol. The summed E-state index contributed by atoms with van der Waals surface area (Å²) in [4.78, 5) is 4.53. The molecule has 1 aliphatic carbocycles. The van der Waals surface area contributed by atoms with Crippen LogP contribution in [0.3, 0.4) is 0 Å². The first kappa shape index (κ1) is 15.1. The van der Waals surface area contributed by atoms with Crippen molar-refractivity contribution in [3.05, 3.63) is 29.3 Å². The van der Waals surface area contributed by atoms with Crippen LogP contribution in [0.2, 0.25) is 0 Å². The molecule has 1 saturated carbocycles. The lowest BCUT2D eigenvalue weighted by Crippen LogP contribution is -2.58. The highest BCUT2D eigenvalue weighted by Crippen LogP contribution is 2.53. The third-order valence-corrected chi connectivity index (χ3v) is 5.06. The third-order valence-electron chi connectivity index (χ3n) is 5.06. The minimum absolute atomic E-state index is 0.0295. The summed E-state index contributed by atoms with van der Waals surface area (Å²) >= 11 is 0.